The first-order valence-electron chi connectivity index (χ1n) is 9.40. The molecule has 1 aliphatic rings. The second-order valence-electron chi connectivity index (χ2n) is 6.56. The Hall–Kier alpha value is -2.97. The first-order valence-corrected chi connectivity index (χ1v) is 11.0. The third-order valence-electron chi connectivity index (χ3n) is 4.87. The molecule has 10 nitrogen and oxygen atoms in total. The number of aromatic nitrogens is 5. The number of hydrogen-bond donors (Lipinski definition) is 1. The van der Waals surface area contributed by atoms with Gasteiger partial charge >= 0.3 is 0 Å². The van der Waals surface area contributed by atoms with Crippen molar-refractivity contribution >= 4 is 21.6 Å². The molecule has 3 aromatic heterocycles. The van der Waals surface area contributed by atoms with Crippen LogP contribution in [0.4, 0.5) is 5.95 Å². The van der Waals surface area contributed by atoms with Crippen LogP contribution >= 0.6 is 0 Å². The van der Waals surface area contributed by atoms with Crippen LogP contribution in [-0.2, 0) is 15.6 Å². The molecule has 1 aliphatic heterocycles. The second kappa shape index (κ2) is 7.81. The number of nitrogens with zero attached hydrogens (tertiary/aromatic N) is 7. The normalized spacial score (nSPS) is 15.9. The third kappa shape index (κ3) is 3.56. The third-order valence-corrected chi connectivity index (χ3v) is 6.64. The van der Waals surface area contributed by atoms with Crippen molar-refractivity contribution in [2.75, 3.05) is 24.6 Å². The summed E-state index contributed by atoms with van der Waals surface area (Å²) in [6.45, 7) is 6.08. The van der Waals surface area contributed by atoms with E-state index >= 15 is 0 Å². The van der Waals surface area contributed by atoms with Gasteiger partial charge in [0.2, 0.25) is 16.0 Å². The highest BCUT2D eigenvalue weighted by Gasteiger charge is 2.49. The van der Waals surface area contributed by atoms with Gasteiger partial charge < -0.3 is 5.73 Å². The molecule has 0 spiro atoms. The first-order chi connectivity index (χ1) is 13.9. The predicted octanol–water partition coefficient (Wildman–Crippen LogP) is 1.48. The summed E-state index contributed by atoms with van der Waals surface area (Å²) in [4.78, 5) is 4.24. The van der Waals surface area contributed by atoms with Gasteiger partial charge in [-0.25, -0.2) is 12.9 Å². The van der Waals surface area contributed by atoms with E-state index in [2.05, 4.69) is 21.3 Å². The van der Waals surface area contributed by atoms with Crippen molar-refractivity contribution in [3.05, 3.63) is 30.7 Å². The highest BCUT2D eigenvalue weighted by Crippen LogP contribution is 2.35. The Balaban J connectivity index is 0.00000117. The Morgan fingerprint density at radius 3 is 2.72 bits per heavy atom. The fourth-order valence-electron chi connectivity index (χ4n) is 3.34. The second-order valence-corrected chi connectivity index (χ2v) is 8.82. The number of rotatable bonds is 5. The Bertz CT molecular complexity index is 1150. The average Bonchev–Trinajstić information content (AvgIpc) is 3.31. The van der Waals surface area contributed by atoms with Crippen LogP contribution in [0.5, 0.6) is 0 Å². The van der Waals surface area contributed by atoms with Crippen LogP contribution in [0.2, 0.25) is 0 Å². The summed E-state index contributed by atoms with van der Waals surface area (Å²) in [5.41, 5.74) is 7.23. The molecule has 0 aliphatic carbocycles. The zero-order valence-corrected chi connectivity index (χ0v) is 17.5. The maximum absolute atomic E-state index is 12.1. The van der Waals surface area contributed by atoms with Crippen molar-refractivity contribution < 1.29 is 8.42 Å². The highest BCUT2D eigenvalue weighted by atomic mass is 32.2. The molecule has 0 unspecified atom stereocenters. The molecule has 2 N–H and O–H groups in total. The van der Waals surface area contributed by atoms with E-state index in [9.17, 15) is 13.7 Å². The first kappa shape index (κ1) is 20.8. The van der Waals surface area contributed by atoms with Gasteiger partial charge in [0, 0.05) is 36.6 Å². The molecule has 29 heavy (non-hydrogen) atoms. The number of nitrogen functional groups attached to an aromatic ring is 1. The molecule has 1 fully saturated rings. The molecular formula is C18H24N8O2S. The molecule has 4 heterocycles. The predicted molar refractivity (Wildman–Crippen MR) is 109 cm³/mol. The van der Waals surface area contributed by atoms with E-state index in [0.29, 0.717) is 5.65 Å². The Kier molecular flexibility index (Phi) is 5.59. The molecule has 4 rings (SSSR count). The quantitative estimate of drug-likeness (QED) is 0.665. The number of nitriles is 1. The molecule has 1 saturated heterocycles. The van der Waals surface area contributed by atoms with E-state index in [1.165, 1.54) is 4.31 Å². The van der Waals surface area contributed by atoms with Gasteiger partial charge in [-0.1, -0.05) is 13.8 Å². The largest absolute Gasteiger partial charge is 0.366 e. The topological polar surface area (TPSA) is 135 Å². The lowest BCUT2D eigenvalue weighted by Crippen LogP contribution is -2.64. The molecule has 0 aromatic carbocycles. The van der Waals surface area contributed by atoms with E-state index in [1.807, 2.05) is 32.2 Å². The van der Waals surface area contributed by atoms with Crippen LogP contribution < -0.4 is 5.73 Å². The molecule has 0 amide bonds. The summed E-state index contributed by atoms with van der Waals surface area (Å²) in [5, 5.41) is 17.8. The summed E-state index contributed by atoms with van der Waals surface area (Å²) in [7, 11) is -3.28. The lowest BCUT2D eigenvalue weighted by Gasteiger charge is -2.47. The van der Waals surface area contributed by atoms with Gasteiger partial charge in [0.15, 0.2) is 5.65 Å². The van der Waals surface area contributed by atoms with Gasteiger partial charge in [0.05, 0.1) is 24.4 Å². The number of nitrogens with two attached hydrogens (primary N) is 1. The molecule has 154 valence electrons. The smallest absolute Gasteiger partial charge is 0.240 e. The molecule has 0 bridgehead atoms. The van der Waals surface area contributed by atoms with E-state index in [0.717, 1.165) is 11.1 Å². The Labute approximate surface area is 169 Å². The number of pyridine rings is 1. The summed E-state index contributed by atoms with van der Waals surface area (Å²) in [6.07, 6.45) is 5.42. The monoisotopic (exact) mass is 416 g/mol. The summed E-state index contributed by atoms with van der Waals surface area (Å²) in [6, 6.07) is 5.87. The van der Waals surface area contributed by atoms with Crippen LogP contribution in [0.1, 0.15) is 27.2 Å². The summed E-state index contributed by atoms with van der Waals surface area (Å²) < 4.78 is 28.8. The lowest BCUT2D eigenvalue weighted by atomic mass is 9.89. The maximum Gasteiger partial charge on any atom is 0.240 e. The van der Waals surface area contributed by atoms with Crippen molar-refractivity contribution in [3.63, 3.8) is 0 Å². The highest BCUT2D eigenvalue weighted by molar-refractivity contribution is 7.89. The van der Waals surface area contributed by atoms with Crippen molar-refractivity contribution in [1.29, 1.82) is 5.26 Å². The van der Waals surface area contributed by atoms with Crippen LogP contribution in [0.3, 0.4) is 0 Å². The molecule has 0 radical (unpaired) electrons. The van der Waals surface area contributed by atoms with Crippen molar-refractivity contribution in [3.8, 4) is 17.2 Å². The fourth-order valence-corrected chi connectivity index (χ4v) is 4.58. The number of sulfonamides is 1. The average molecular weight is 417 g/mol. The van der Waals surface area contributed by atoms with Gasteiger partial charge in [0.1, 0.15) is 5.54 Å². The molecular weight excluding hydrogens is 392 g/mol. The van der Waals surface area contributed by atoms with E-state index in [1.54, 1.807) is 28.5 Å². The van der Waals surface area contributed by atoms with Crippen LogP contribution in [0.25, 0.3) is 16.8 Å². The standard InChI is InChI=1S/C16H18N8O2S.C2H6/c1-2-27(25,26)22-10-16(11-22,5-6-17)24-9-12(8-19-24)13-4-3-7-23-14(13)20-15(18)21-23;1-2/h3-4,7-9H,2,5,10-11H2,1H3,(H2,18,21);1-2H3. The van der Waals surface area contributed by atoms with Crippen LogP contribution in [0.15, 0.2) is 30.7 Å². The van der Waals surface area contributed by atoms with Crippen molar-refractivity contribution in [2.24, 2.45) is 0 Å². The minimum absolute atomic E-state index is 0.0380. The minimum atomic E-state index is -3.28. The number of anilines is 1. The molecule has 0 atom stereocenters. The number of hydrogen-bond acceptors (Lipinski definition) is 7. The molecule has 0 saturated carbocycles. The Morgan fingerprint density at radius 2 is 2.07 bits per heavy atom. The fraction of sp³-hybridized carbons (Fsp3) is 0.444. The molecule has 11 heteroatoms. The van der Waals surface area contributed by atoms with Gasteiger partial charge in [-0.3, -0.25) is 4.68 Å². The number of fused-ring (bicyclic) bond motifs is 1. The Morgan fingerprint density at radius 1 is 1.34 bits per heavy atom. The van der Waals surface area contributed by atoms with Crippen LogP contribution in [0, 0.1) is 11.3 Å². The maximum atomic E-state index is 12.1. The van der Waals surface area contributed by atoms with Crippen molar-refractivity contribution in [1.82, 2.24) is 28.7 Å². The van der Waals surface area contributed by atoms with E-state index in [4.69, 9.17) is 5.73 Å². The van der Waals surface area contributed by atoms with E-state index in [-0.39, 0.29) is 31.2 Å². The van der Waals surface area contributed by atoms with Crippen molar-refractivity contribution in [2.45, 2.75) is 32.7 Å². The molecule has 3 aromatic rings. The summed E-state index contributed by atoms with van der Waals surface area (Å²) >= 11 is 0. The zero-order valence-electron chi connectivity index (χ0n) is 16.6. The van der Waals surface area contributed by atoms with Gasteiger partial charge in [-0.05, 0) is 19.1 Å². The van der Waals surface area contributed by atoms with E-state index < -0.39 is 15.6 Å². The SMILES string of the molecule is CC.CCS(=O)(=O)N1CC(CC#N)(n2cc(-c3cccn4nc(N)nc34)cn2)C1. The van der Waals surface area contributed by atoms with Crippen LogP contribution in [-0.4, -0.2) is 55.9 Å². The zero-order chi connectivity index (χ0) is 21.2. The minimum Gasteiger partial charge on any atom is -0.366 e. The van der Waals surface area contributed by atoms with Gasteiger partial charge in [-0.2, -0.15) is 19.6 Å². The van der Waals surface area contributed by atoms with Gasteiger partial charge in [0.25, 0.3) is 0 Å². The summed E-state index contributed by atoms with van der Waals surface area (Å²) in [5.74, 6) is 0.214. The lowest BCUT2D eigenvalue weighted by molar-refractivity contribution is 0.0719. The van der Waals surface area contributed by atoms with Gasteiger partial charge in [-0.15, -0.1) is 5.10 Å².